The summed E-state index contributed by atoms with van der Waals surface area (Å²) in [5.74, 6) is -0.0102. The molecule has 1 aliphatic heterocycles. The highest BCUT2D eigenvalue weighted by atomic mass is 16.5. The fourth-order valence-corrected chi connectivity index (χ4v) is 2.10. The highest BCUT2D eigenvalue weighted by molar-refractivity contribution is 5.83. The summed E-state index contributed by atoms with van der Waals surface area (Å²) >= 11 is 0. The SMILES string of the molecule is CC1(C(=O)NCCCC(=O)NC2CC2)COCC1N. The molecular weight excluding hydrogens is 246 g/mol. The first-order chi connectivity index (χ1) is 9.02. The topological polar surface area (TPSA) is 93.5 Å². The summed E-state index contributed by atoms with van der Waals surface area (Å²) in [6, 6.07) is 0.139. The molecule has 1 aliphatic carbocycles. The smallest absolute Gasteiger partial charge is 0.229 e. The van der Waals surface area contributed by atoms with E-state index in [0.29, 0.717) is 38.6 Å². The van der Waals surface area contributed by atoms with Gasteiger partial charge < -0.3 is 21.1 Å². The third-order valence-corrected chi connectivity index (χ3v) is 3.85. The van der Waals surface area contributed by atoms with E-state index in [4.69, 9.17) is 10.5 Å². The van der Waals surface area contributed by atoms with Crippen LogP contribution in [0.5, 0.6) is 0 Å². The van der Waals surface area contributed by atoms with Gasteiger partial charge in [-0.3, -0.25) is 9.59 Å². The zero-order chi connectivity index (χ0) is 13.9. The van der Waals surface area contributed by atoms with Crippen LogP contribution in [0.2, 0.25) is 0 Å². The Bertz CT molecular complexity index is 357. The van der Waals surface area contributed by atoms with Crippen molar-refractivity contribution in [2.75, 3.05) is 19.8 Å². The number of carbonyl (C=O) groups excluding carboxylic acids is 2. The van der Waals surface area contributed by atoms with E-state index < -0.39 is 5.41 Å². The number of nitrogens with one attached hydrogen (secondary N) is 2. The quantitative estimate of drug-likeness (QED) is 0.568. The maximum atomic E-state index is 12.0. The first kappa shape index (κ1) is 14.3. The Balaban J connectivity index is 1.62. The molecule has 1 saturated carbocycles. The molecule has 2 rings (SSSR count). The second-order valence-corrected chi connectivity index (χ2v) is 5.74. The Morgan fingerprint density at radius 3 is 2.74 bits per heavy atom. The maximum Gasteiger partial charge on any atom is 0.229 e. The summed E-state index contributed by atoms with van der Waals surface area (Å²) in [4.78, 5) is 23.5. The van der Waals surface area contributed by atoms with Crippen LogP contribution in [-0.2, 0) is 14.3 Å². The number of hydrogen-bond donors (Lipinski definition) is 3. The Morgan fingerprint density at radius 1 is 1.42 bits per heavy atom. The van der Waals surface area contributed by atoms with Gasteiger partial charge in [-0.1, -0.05) is 0 Å². The van der Waals surface area contributed by atoms with Crippen LogP contribution < -0.4 is 16.4 Å². The summed E-state index contributed by atoms with van der Waals surface area (Å²) in [6.45, 7) is 3.11. The van der Waals surface area contributed by atoms with Gasteiger partial charge in [0.1, 0.15) is 0 Å². The Hall–Kier alpha value is -1.14. The first-order valence-electron chi connectivity index (χ1n) is 6.93. The van der Waals surface area contributed by atoms with Crippen LogP contribution in [0.1, 0.15) is 32.6 Å². The van der Waals surface area contributed by atoms with Gasteiger partial charge >= 0.3 is 0 Å². The number of ether oxygens (including phenoxy) is 1. The van der Waals surface area contributed by atoms with Crippen molar-refractivity contribution in [3.05, 3.63) is 0 Å². The van der Waals surface area contributed by atoms with Crippen molar-refractivity contribution < 1.29 is 14.3 Å². The molecule has 0 aromatic rings. The lowest BCUT2D eigenvalue weighted by Gasteiger charge is -2.25. The van der Waals surface area contributed by atoms with Crippen molar-refractivity contribution in [3.8, 4) is 0 Å². The molecule has 4 N–H and O–H groups in total. The van der Waals surface area contributed by atoms with Gasteiger partial charge in [-0.15, -0.1) is 0 Å². The Labute approximate surface area is 113 Å². The highest BCUT2D eigenvalue weighted by Gasteiger charge is 2.44. The molecule has 1 heterocycles. The van der Waals surface area contributed by atoms with Gasteiger partial charge in [0.25, 0.3) is 0 Å². The summed E-state index contributed by atoms with van der Waals surface area (Å²) in [5.41, 5.74) is 5.24. The molecule has 19 heavy (non-hydrogen) atoms. The average Bonchev–Trinajstić information content (AvgIpc) is 3.11. The second kappa shape index (κ2) is 5.88. The molecule has 0 aromatic carbocycles. The molecule has 0 radical (unpaired) electrons. The van der Waals surface area contributed by atoms with Crippen LogP contribution in [0.25, 0.3) is 0 Å². The van der Waals surface area contributed by atoms with E-state index in [1.165, 1.54) is 0 Å². The van der Waals surface area contributed by atoms with Crippen molar-refractivity contribution in [1.82, 2.24) is 10.6 Å². The van der Waals surface area contributed by atoms with Gasteiger partial charge in [-0.25, -0.2) is 0 Å². The van der Waals surface area contributed by atoms with Gasteiger partial charge in [0.2, 0.25) is 11.8 Å². The van der Waals surface area contributed by atoms with E-state index in [1.54, 1.807) is 0 Å². The Kier molecular flexibility index (Phi) is 4.42. The first-order valence-corrected chi connectivity index (χ1v) is 6.93. The molecule has 108 valence electrons. The Morgan fingerprint density at radius 2 is 2.16 bits per heavy atom. The van der Waals surface area contributed by atoms with Gasteiger partial charge in [0.05, 0.1) is 18.6 Å². The fraction of sp³-hybridized carbons (Fsp3) is 0.846. The molecule has 2 unspecified atom stereocenters. The van der Waals surface area contributed by atoms with E-state index in [9.17, 15) is 9.59 Å². The fourth-order valence-electron chi connectivity index (χ4n) is 2.10. The van der Waals surface area contributed by atoms with E-state index in [0.717, 1.165) is 12.8 Å². The maximum absolute atomic E-state index is 12.0. The average molecular weight is 269 g/mol. The number of rotatable bonds is 6. The summed E-state index contributed by atoms with van der Waals surface area (Å²) in [7, 11) is 0. The molecule has 0 bridgehead atoms. The molecule has 0 spiro atoms. The van der Waals surface area contributed by atoms with Crippen LogP contribution in [-0.4, -0.2) is 43.7 Å². The largest absolute Gasteiger partial charge is 0.379 e. The minimum absolute atomic E-state index is 0.0730. The lowest BCUT2D eigenvalue weighted by molar-refractivity contribution is -0.131. The third kappa shape index (κ3) is 3.67. The molecule has 2 fully saturated rings. The van der Waals surface area contributed by atoms with Crippen molar-refractivity contribution in [2.45, 2.75) is 44.7 Å². The van der Waals surface area contributed by atoms with Crippen molar-refractivity contribution in [3.63, 3.8) is 0 Å². The molecule has 2 aliphatic rings. The van der Waals surface area contributed by atoms with E-state index >= 15 is 0 Å². The van der Waals surface area contributed by atoms with Crippen LogP contribution in [0, 0.1) is 5.41 Å². The van der Waals surface area contributed by atoms with Gasteiger partial charge in [-0.2, -0.15) is 0 Å². The lowest BCUT2D eigenvalue weighted by atomic mass is 9.85. The van der Waals surface area contributed by atoms with E-state index in [2.05, 4.69) is 10.6 Å². The van der Waals surface area contributed by atoms with Crippen molar-refractivity contribution >= 4 is 11.8 Å². The van der Waals surface area contributed by atoms with Crippen LogP contribution >= 0.6 is 0 Å². The van der Waals surface area contributed by atoms with Crippen LogP contribution in [0.15, 0.2) is 0 Å². The minimum atomic E-state index is -0.643. The predicted octanol–water partition coefficient (Wildman–Crippen LogP) is -0.475. The zero-order valence-corrected chi connectivity index (χ0v) is 11.4. The second-order valence-electron chi connectivity index (χ2n) is 5.74. The zero-order valence-electron chi connectivity index (χ0n) is 11.4. The number of amides is 2. The van der Waals surface area contributed by atoms with Gasteiger partial charge in [-0.05, 0) is 26.2 Å². The van der Waals surface area contributed by atoms with Crippen LogP contribution in [0.3, 0.4) is 0 Å². The summed E-state index contributed by atoms with van der Waals surface area (Å²) in [6.07, 6.45) is 3.30. The molecule has 2 amide bonds. The van der Waals surface area contributed by atoms with Crippen LogP contribution in [0.4, 0.5) is 0 Å². The summed E-state index contributed by atoms with van der Waals surface area (Å²) in [5, 5.41) is 5.76. The molecule has 0 aromatic heterocycles. The summed E-state index contributed by atoms with van der Waals surface area (Å²) < 4.78 is 5.24. The molecule has 1 saturated heterocycles. The number of carbonyl (C=O) groups is 2. The van der Waals surface area contributed by atoms with Gasteiger partial charge in [0.15, 0.2) is 0 Å². The van der Waals surface area contributed by atoms with Crippen molar-refractivity contribution in [2.24, 2.45) is 11.1 Å². The minimum Gasteiger partial charge on any atom is -0.379 e. The lowest BCUT2D eigenvalue weighted by Crippen LogP contribution is -2.50. The standard InChI is InChI=1S/C13H23N3O3/c1-13(8-19-7-10(13)14)12(18)15-6-2-3-11(17)16-9-4-5-9/h9-10H,2-8,14H2,1H3,(H,15,18)(H,16,17). The molecule has 6 nitrogen and oxygen atoms in total. The molecular formula is C13H23N3O3. The highest BCUT2D eigenvalue weighted by Crippen LogP contribution is 2.27. The van der Waals surface area contributed by atoms with E-state index in [-0.39, 0.29) is 17.9 Å². The predicted molar refractivity (Wildman–Crippen MR) is 70.3 cm³/mol. The van der Waals surface area contributed by atoms with Crippen molar-refractivity contribution in [1.29, 1.82) is 0 Å². The van der Waals surface area contributed by atoms with Gasteiger partial charge in [0, 0.05) is 25.0 Å². The molecule has 2 atom stereocenters. The number of hydrogen-bond acceptors (Lipinski definition) is 4. The normalized spacial score (nSPS) is 30.1. The van der Waals surface area contributed by atoms with E-state index in [1.807, 2.05) is 6.92 Å². The third-order valence-electron chi connectivity index (χ3n) is 3.85. The monoisotopic (exact) mass is 269 g/mol. The number of nitrogens with two attached hydrogens (primary N) is 1. The molecule has 6 heteroatoms.